The Kier molecular flexibility index (Phi) is 4.59. The lowest BCUT2D eigenvalue weighted by atomic mass is 10.1. The van der Waals surface area contributed by atoms with E-state index < -0.39 is 0 Å². The van der Waals surface area contributed by atoms with Gasteiger partial charge in [-0.25, -0.2) is 14.4 Å². The van der Waals surface area contributed by atoms with Gasteiger partial charge in [-0.05, 0) is 48.0 Å². The molecule has 3 aromatic heterocycles. The summed E-state index contributed by atoms with van der Waals surface area (Å²) in [5, 5.41) is 1.42. The number of imidazole rings is 1. The predicted molar refractivity (Wildman–Crippen MR) is 122 cm³/mol. The first-order chi connectivity index (χ1) is 15.6. The molecular formula is C24H19ClFN5O. The van der Waals surface area contributed by atoms with Crippen molar-refractivity contribution in [2.24, 2.45) is 0 Å². The molecular weight excluding hydrogens is 429 g/mol. The van der Waals surface area contributed by atoms with E-state index in [4.69, 9.17) is 16.3 Å². The lowest BCUT2D eigenvalue weighted by Crippen LogP contribution is -2.25. The zero-order chi connectivity index (χ0) is 21.7. The number of nitrogens with one attached hydrogen (secondary N) is 1. The topological polar surface area (TPSA) is 59.0 Å². The number of halogens is 2. The molecule has 6 rings (SSSR count). The van der Waals surface area contributed by atoms with Crippen molar-refractivity contribution in [2.45, 2.75) is 13.1 Å². The Morgan fingerprint density at radius 1 is 1.12 bits per heavy atom. The summed E-state index contributed by atoms with van der Waals surface area (Å²) in [5.74, 6) is 0.477. The standard InChI is InChI=1S/C24H19ClFN5O/c25-20-10-19(31-4-3-16-8-18(26)1-2-22(16)31)9-17-13-30(5-6-32-23(17)20)12-15-7-21-24(27-11-15)29-14-28-21/h1-4,7-11,14H,5-6,12-13H2,(H,27,28,29). The highest BCUT2D eigenvalue weighted by Crippen LogP contribution is 2.35. The van der Waals surface area contributed by atoms with Crippen molar-refractivity contribution < 1.29 is 9.13 Å². The van der Waals surface area contributed by atoms with Crippen LogP contribution in [0.5, 0.6) is 5.75 Å². The van der Waals surface area contributed by atoms with Gasteiger partial charge in [-0.1, -0.05) is 11.6 Å². The third-order valence-corrected chi connectivity index (χ3v) is 6.10. The van der Waals surface area contributed by atoms with Crippen LogP contribution in [0.3, 0.4) is 0 Å². The molecule has 1 N–H and O–H groups in total. The third-order valence-electron chi connectivity index (χ3n) is 5.82. The fourth-order valence-electron chi connectivity index (χ4n) is 4.34. The largest absolute Gasteiger partial charge is 0.490 e. The molecule has 1 aliphatic heterocycles. The summed E-state index contributed by atoms with van der Waals surface area (Å²) in [6.07, 6.45) is 5.45. The van der Waals surface area contributed by atoms with Crippen LogP contribution in [0.2, 0.25) is 5.02 Å². The highest BCUT2D eigenvalue weighted by Gasteiger charge is 2.20. The highest BCUT2D eigenvalue weighted by atomic mass is 35.5. The van der Waals surface area contributed by atoms with Crippen LogP contribution in [0.25, 0.3) is 27.8 Å². The van der Waals surface area contributed by atoms with Crippen LogP contribution in [-0.4, -0.2) is 37.6 Å². The number of benzene rings is 2. The predicted octanol–water partition coefficient (Wildman–Crippen LogP) is 5.09. The van der Waals surface area contributed by atoms with E-state index in [1.807, 2.05) is 29.1 Å². The van der Waals surface area contributed by atoms with Gasteiger partial charge in [-0.15, -0.1) is 0 Å². The zero-order valence-corrected chi connectivity index (χ0v) is 17.8. The van der Waals surface area contributed by atoms with Gasteiger partial charge >= 0.3 is 0 Å². The summed E-state index contributed by atoms with van der Waals surface area (Å²) in [7, 11) is 0. The number of aromatic amines is 1. The van der Waals surface area contributed by atoms with E-state index in [1.165, 1.54) is 12.1 Å². The fraction of sp³-hybridized carbons (Fsp3) is 0.167. The molecule has 0 saturated carbocycles. The van der Waals surface area contributed by atoms with Crippen LogP contribution in [-0.2, 0) is 13.1 Å². The number of ether oxygens (including phenoxy) is 1. The van der Waals surface area contributed by atoms with Crippen molar-refractivity contribution in [1.29, 1.82) is 0 Å². The molecule has 0 spiro atoms. The molecule has 0 fully saturated rings. The second-order valence-corrected chi connectivity index (χ2v) is 8.39. The van der Waals surface area contributed by atoms with Crippen LogP contribution in [0.1, 0.15) is 11.1 Å². The number of fused-ring (bicyclic) bond motifs is 3. The molecule has 5 aromatic rings. The number of pyridine rings is 1. The SMILES string of the molecule is Fc1ccc2c(ccn2-c2cc(Cl)c3c(c2)CN(Cc2cnc4nc[nH]c4c2)CCO3)c1. The first-order valence-electron chi connectivity index (χ1n) is 10.4. The maximum absolute atomic E-state index is 13.6. The van der Waals surface area contributed by atoms with E-state index in [9.17, 15) is 4.39 Å². The number of rotatable bonds is 3. The Balaban J connectivity index is 1.34. The van der Waals surface area contributed by atoms with Crippen molar-refractivity contribution >= 4 is 33.7 Å². The molecule has 1 aliphatic rings. The molecule has 6 nitrogen and oxygen atoms in total. The first-order valence-corrected chi connectivity index (χ1v) is 10.7. The van der Waals surface area contributed by atoms with Crippen molar-refractivity contribution in [3.63, 3.8) is 0 Å². The Hall–Kier alpha value is -3.42. The van der Waals surface area contributed by atoms with Crippen molar-refractivity contribution in [2.75, 3.05) is 13.2 Å². The van der Waals surface area contributed by atoms with Crippen molar-refractivity contribution in [3.8, 4) is 11.4 Å². The quantitative estimate of drug-likeness (QED) is 0.418. The Labute approximate surface area is 188 Å². The van der Waals surface area contributed by atoms with E-state index in [2.05, 4.69) is 32.0 Å². The Morgan fingerprint density at radius 2 is 2.06 bits per heavy atom. The molecule has 4 heterocycles. The van der Waals surface area contributed by atoms with E-state index in [1.54, 1.807) is 12.4 Å². The van der Waals surface area contributed by atoms with Crippen molar-refractivity contribution in [3.05, 3.63) is 83.2 Å². The summed E-state index contributed by atoms with van der Waals surface area (Å²) in [6, 6.07) is 12.8. The summed E-state index contributed by atoms with van der Waals surface area (Å²) in [6.45, 7) is 2.75. The average Bonchev–Trinajstić information content (AvgIpc) is 3.35. The lowest BCUT2D eigenvalue weighted by molar-refractivity contribution is 0.219. The average molecular weight is 448 g/mol. The summed E-state index contributed by atoms with van der Waals surface area (Å²) >= 11 is 6.64. The van der Waals surface area contributed by atoms with Crippen LogP contribution >= 0.6 is 11.6 Å². The van der Waals surface area contributed by atoms with Gasteiger partial charge in [-0.3, -0.25) is 4.90 Å². The number of hydrogen-bond donors (Lipinski definition) is 1. The summed E-state index contributed by atoms with van der Waals surface area (Å²) in [5.41, 5.74) is 5.60. The number of aromatic nitrogens is 4. The van der Waals surface area contributed by atoms with Gasteiger partial charge in [0.2, 0.25) is 0 Å². The maximum Gasteiger partial charge on any atom is 0.177 e. The second-order valence-electron chi connectivity index (χ2n) is 7.98. The first kappa shape index (κ1) is 19.3. The zero-order valence-electron chi connectivity index (χ0n) is 17.1. The van der Waals surface area contributed by atoms with Crippen molar-refractivity contribution in [1.82, 2.24) is 24.4 Å². The van der Waals surface area contributed by atoms with E-state index in [-0.39, 0.29) is 5.82 Å². The third kappa shape index (κ3) is 3.39. The van der Waals surface area contributed by atoms with Crippen LogP contribution in [0.15, 0.2) is 61.2 Å². The molecule has 2 aromatic carbocycles. The fourth-order valence-corrected chi connectivity index (χ4v) is 4.63. The minimum absolute atomic E-state index is 0.248. The van der Waals surface area contributed by atoms with Gasteiger partial charge in [-0.2, -0.15) is 0 Å². The molecule has 0 amide bonds. The Morgan fingerprint density at radius 3 is 3.00 bits per heavy atom. The maximum atomic E-state index is 13.6. The number of H-pyrrole nitrogens is 1. The second kappa shape index (κ2) is 7.62. The monoisotopic (exact) mass is 447 g/mol. The summed E-state index contributed by atoms with van der Waals surface area (Å²) in [4.78, 5) is 14.0. The summed E-state index contributed by atoms with van der Waals surface area (Å²) < 4.78 is 21.6. The van der Waals surface area contributed by atoms with E-state index in [0.717, 1.165) is 52.1 Å². The number of nitrogens with zero attached hydrogens (tertiary/aromatic N) is 4. The van der Waals surface area contributed by atoms with Crippen LogP contribution in [0, 0.1) is 5.82 Å². The number of hydrogen-bond acceptors (Lipinski definition) is 4. The minimum atomic E-state index is -0.248. The van der Waals surface area contributed by atoms with Gasteiger partial charge in [0, 0.05) is 48.7 Å². The molecule has 0 bridgehead atoms. The highest BCUT2D eigenvalue weighted by molar-refractivity contribution is 6.32. The molecule has 160 valence electrons. The van der Waals surface area contributed by atoms with Crippen LogP contribution in [0.4, 0.5) is 4.39 Å². The lowest BCUT2D eigenvalue weighted by Gasteiger charge is -2.19. The Bertz CT molecular complexity index is 1460. The molecule has 0 aliphatic carbocycles. The van der Waals surface area contributed by atoms with Gasteiger partial charge in [0.15, 0.2) is 5.65 Å². The minimum Gasteiger partial charge on any atom is -0.490 e. The molecule has 32 heavy (non-hydrogen) atoms. The van der Waals surface area contributed by atoms with Gasteiger partial charge < -0.3 is 14.3 Å². The molecule has 0 atom stereocenters. The van der Waals surface area contributed by atoms with E-state index in [0.29, 0.717) is 23.8 Å². The van der Waals surface area contributed by atoms with Crippen LogP contribution < -0.4 is 4.74 Å². The molecule has 8 heteroatoms. The van der Waals surface area contributed by atoms with Gasteiger partial charge in [0.05, 0.1) is 22.4 Å². The smallest absolute Gasteiger partial charge is 0.177 e. The molecule has 0 unspecified atom stereocenters. The van der Waals surface area contributed by atoms with Gasteiger partial charge in [0.1, 0.15) is 18.2 Å². The molecule has 0 radical (unpaired) electrons. The normalized spacial score (nSPS) is 14.4. The van der Waals surface area contributed by atoms with E-state index >= 15 is 0 Å². The van der Waals surface area contributed by atoms with Gasteiger partial charge in [0.25, 0.3) is 0 Å². The molecule has 0 saturated heterocycles.